The van der Waals surface area contributed by atoms with Gasteiger partial charge in [0.1, 0.15) is 0 Å². The maximum absolute atomic E-state index is 12.3. The van der Waals surface area contributed by atoms with E-state index in [1.54, 1.807) is 0 Å². The van der Waals surface area contributed by atoms with Crippen LogP contribution in [0.2, 0.25) is 0 Å². The lowest BCUT2D eigenvalue weighted by atomic mass is 9.85. The SMILES string of the molecule is O=C1C2CC=CCC2C(=O)N1CC1CCCC1CO. The van der Waals surface area contributed by atoms with Gasteiger partial charge in [0.05, 0.1) is 11.8 Å². The predicted molar refractivity (Wildman–Crippen MR) is 70.0 cm³/mol. The zero-order valence-corrected chi connectivity index (χ0v) is 11.1. The van der Waals surface area contributed by atoms with E-state index in [9.17, 15) is 14.7 Å². The summed E-state index contributed by atoms with van der Waals surface area (Å²) in [5.74, 6) is 0.358. The molecule has 4 nitrogen and oxygen atoms in total. The third-order valence-corrected chi connectivity index (χ3v) is 5.07. The van der Waals surface area contributed by atoms with Crippen LogP contribution < -0.4 is 0 Å². The zero-order chi connectivity index (χ0) is 13.4. The largest absolute Gasteiger partial charge is 0.396 e. The quantitative estimate of drug-likeness (QED) is 0.617. The van der Waals surface area contributed by atoms with Gasteiger partial charge >= 0.3 is 0 Å². The van der Waals surface area contributed by atoms with Gasteiger partial charge in [0.25, 0.3) is 0 Å². The number of amides is 2. The Balaban J connectivity index is 1.71. The van der Waals surface area contributed by atoms with Gasteiger partial charge in [0.2, 0.25) is 11.8 Å². The lowest BCUT2D eigenvalue weighted by Gasteiger charge is -2.23. The van der Waals surface area contributed by atoms with Gasteiger partial charge in [0, 0.05) is 13.2 Å². The second kappa shape index (κ2) is 5.08. The molecule has 1 N–H and O–H groups in total. The summed E-state index contributed by atoms with van der Waals surface area (Å²) in [6.07, 6.45) is 8.59. The van der Waals surface area contributed by atoms with Crippen molar-refractivity contribution in [2.45, 2.75) is 32.1 Å². The van der Waals surface area contributed by atoms with Crippen molar-refractivity contribution in [1.29, 1.82) is 0 Å². The summed E-state index contributed by atoms with van der Waals surface area (Å²) in [5.41, 5.74) is 0. The predicted octanol–water partition coefficient (Wildman–Crippen LogP) is 1.35. The number of nitrogens with zero attached hydrogens (tertiary/aromatic N) is 1. The Hall–Kier alpha value is -1.16. The van der Waals surface area contributed by atoms with Crippen LogP contribution in [0.3, 0.4) is 0 Å². The van der Waals surface area contributed by atoms with E-state index in [0.717, 1.165) is 19.3 Å². The van der Waals surface area contributed by atoms with Crippen molar-refractivity contribution in [3.63, 3.8) is 0 Å². The fraction of sp³-hybridized carbons (Fsp3) is 0.733. The molecule has 2 fully saturated rings. The summed E-state index contributed by atoms with van der Waals surface area (Å²) < 4.78 is 0. The molecule has 1 aliphatic heterocycles. The summed E-state index contributed by atoms with van der Waals surface area (Å²) in [6, 6.07) is 0. The molecule has 3 aliphatic rings. The van der Waals surface area contributed by atoms with Gasteiger partial charge in [0.15, 0.2) is 0 Å². The van der Waals surface area contributed by atoms with Crippen LogP contribution in [0.5, 0.6) is 0 Å². The molecule has 0 aromatic heterocycles. The lowest BCUT2D eigenvalue weighted by Crippen LogP contribution is -2.37. The first-order valence-corrected chi connectivity index (χ1v) is 7.33. The molecule has 104 valence electrons. The normalized spacial score (nSPS) is 38.1. The molecule has 0 aromatic rings. The number of hydrogen-bond acceptors (Lipinski definition) is 3. The molecule has 3 rings (SSSR count). The summed E-state index contributed by atoms with van der Waals surface area (Å²) in [6.45, 7) is 0.700. The van der Waals surface area contributed by atoms with Crippen LogP contribution in [0.15, 0.2) is 12.2 Å². The van der Waals surface area contributed by atoms with Crippen molar-refractivity contribution in [1.82, 2.24) is 4.90 Å². The third-order valence-electron chi connectivity index (χ3n) is 5.07. The Morgan fingerprint density at radius 1 is 1.05 bits per heavy atom. The van der Waals surface area contributed by atoms with E-state index in [4.69, 9.17) is 0 Å². The van der Waals surface area contributed by atoms with Crippen LogP contribution >= 0.6 is 0 Å². The molecule has 4 heteroatoms. The fourth-order valence-corrected chi connectivity index (χ4v) is 3.88. The van der Waals surface area contributed by atoms with E-state index >= 15 is 0 Å². The Kier molecular flexibility index (Phi) is 3.44. The molecule has 19 heavy (non-hydrogen) atoms. The van der Waals surface area contributed by atoms with E-state index in [1.807, 2.05) is 12.2 Å². The van der Waals surface area contributed by atoms with Crippen molar-refractivity contribution in [2.24, 2.45) is 23.7 Å². The number of hydrogen-bond donors (Lipinski definition) is 1. The molecule has 2 amide bonds. The summed E-state index contributed by atoms with van der Waals surface area (Å²) in [4.78, 5) is 26.2. The van der Waals surface area contributed by atoms with Crippen LogP contribution in [-0.2, 0) is 9.59 Å². The summed E-state index contributed by atoms with van der Waals surface area (Å²) in [7, 11) is 0. The van der Waals surface area contributed by atoms with Crippen molar-refractivity contribution >= 4 is 11.8 Å². The molecular formula is C15H21NO3. The molecule has 0 bridgehead atoms. The van der Waals surface area contributed by atoms with E-state index in [0.29, 0.717) is 25.3 Å². The van der Waals surface area contributed by atoms with E-state index in [1.165, 1.54) is 4.90 Å². The number of likely N-dealkylation sites (tertiary alicyclic amines) is 1. The molecule has 0 spiro atoms. The molecule has 1 heterocycles. The fourth-order valence-electron chi connectivity index (χ4n) is 3.88. The topological polar surface area (TPSA) is 57.6 Å². The van der Waals surface area contributed by atoms with E-state index in [2.05, 4.69) is 0 Å². The summed E-state index contributed by atoms with van der Waals surface area (Å²) in [5, 5.41) is 9.35. The minimum absolute atomic E-state index is 0.0166. The highest BCUT2D eigenvalue weighted by atomic mass is 16.3. The first-order valence-electron chi connectivity index (χ1n) is 7.33. The second-order valence-corrected chi connectivity index (χ2v) is 6.08. The highest BCUT2D eigenvalue weighted by Crippen LogP contribution is 2.38. The average molecular weight is 263 g/mol. The number of carbonyl (C=O) groups is 2. The van der Waals surface area contributed by atoms with Gasteiger partial charge in [-0.2, -0.15) is 0 Å². The molecule has 4 unspecified atom stereocenters. The van der Waals surface area contributed by atoms with Gasteiger partial charge < -0.3 is 5.11 Å². The Bertz CT molecular complexity index is 392. The third kappa shape index (κ3) is 2.12. The van der Waals surface area contributed by atoms with Crippen LogP contribution in [0.1, 0.15) is 32.1 Å². The average Bonchev–Trinajstić information content (AvgIpc) is 2.98. The van der Waals surface area contributed by atoms with Crippen LogP contribution in [0.25, 0.3) is 0 Å². The highest BCUT2D eigenvalue weighted by molar-refractivity contribution is 6.05. The van der Waals surface area contributed by atoms with Crippen LogP contribution in [0, 0.1) is 23.7 Å². The number of imide groups is 1. The summed E-state index contributed by atoms with van der Waals surface area (Å²) >= 11 is 0. The highest BCUT2D eigenvalue weighted by Gasteiger charge is 2.48. The Labute approximate surface area is 113 Å². The molecule has 4 atom stereocenters. The molecular weight excluding hydrogens is 242 g/mol. The maximum atomic E-state index is 12.3. The van der Waals surface area contributed by atoms with Crippen molar-refractivity contribution < 1.29 is 14.7 Å². The van der Waals surface area contributed by atoms with Crippen LogP contribution in [-0.4, -0.2) is 35.0 Å². The zero-order valence-electron chi connectivity index (χ0n) is 11.1. The van der Waals surface area contributed by atoms with E-state index < -0.39 is 0 Å². The minimum atomic E-state index is -0.119. The second-order valence-electron chi connectivity index (χ2n) is 6.08. The van der Waals surface area contributed by atoms with Crippen molar-refractivity contribution in [3.8, 4) is 0 Å². The smallest absolute Gasteiger partial charge is 0.233 e. The number of carbonyl (C=O) groups excluding carboxylic acids is 2. The number of aliphatic hydroxyl groups is 1. The first kappa shape index (κ1) is 12.9. The molecule has 0 aromatic carbocycles. The van der Waals surface area contributed by atoms with Crippen molar-refractivity contribution in [3.05, 3.63) is 12.2 Å². The monoisotopic (exact) mass is 263 g/mol. The van der Waals surface area contributed by atoms with Gasteiger partial charge in [-0.05, 0) is 37.5 Å². The van der Waals surface area contributed by atoms with Crippen LogP contribution in [0.4, 0.5) is 0 Å². The molecule has 1 saturated carbocycles. The van der Waals surface area contributed by atoms with E-state index in [-0.39, 0.29) is 36.2 Å². The van der Waals surface area contributed by atoms with Gasteiger partial charge in [-0.15, -0.1) is 0 Å². The number of aliphatic hydroxyl groups excluding tert-OH is 1. The number of rotatable bonds is 3. The minimum Gasteiger partial charge on any atom is -0.396 e. The molecule has 0 radical (unpaired) electrons. The standard InChI is InChI=1S/C15H21NO3/c17-9-11-5-3-4-10(11)8-16-14(18)12-6-1-2-7-13(12)15(16)19/h1-2,10-13,17H,3-9H2. The lowest BCUT2D eigenvalue weighted by molar-refractivity contribution is -0.140. The number of allylic oxidation sites excluding steroid dienone is 2. The first-order chi connectivity index (χ1) is 9.22. The molecule has 2 aliphatic carbocycles. The van der Waals surface area contributed by atoms with Crippen molar-refractivity contribution in [2.75, 3.05) is 13.2 Å². The van der Waals surface area contributed by atoms with Gasteiger partial charge in [-0.3, -0.25) is 14.5 Å². The Morgan fingerprint density at radius 2 is 1.63 bits per heavy atom. The van der Waals surface area contributed by atoms with Gasteiger partial charge in [-0.1, -0.05) is 18.6 Å². The maximum Gasteiger partial charge on any atom is 0.233 e. The number of fused-ring (bicyclic) bond motifs is 1. The molecule has 1 saturated heterocycles. The Morgan fingerprint density at radius 3 is 2.21 bits per heavy atom. The van der Waals surface area contributed by atoms with Gasteiger partial charge in [-0.25, -0.2) is 0 Å².